The van der Waals surface area contributed by atoms with Crippen LogP contribution < -0.4 is 10.6 Å². The minimum absolute atomic E-state index is 0.0738. The van der Waals surface area contributed by atoms with Gasteiger partial charge in [-0.2, -0.15) is 0 Å². The molecule has 0 saturated carbocycles. The molecule has 0 amide bonds. The van der Waals surface area contributed by atoms with Gasteiger partial charge in [-0.3, -0.25) is 0 Å². The number of halogens is 1. The van der Waals surface area contributed by atoms with Gasteiger partial charge in [-0.15, -0.1) is 0 Å². The van der Waals surface area contributed by atoms with Crippen LogP contribution in [0.15, 0.2) is 48.5 Å². The molecule has 3 rings (SSSR count). The highest BCUT2D eigenvalue weighted by Crippen LogP contribution is 2.30. The van der Waals surface area contributed by atoms with E-state index in [9.17, 15) is 4.39 Å². The standard InChI is InChI=1S/C18H21FN2/c1-13-6-8-14(9-7-13)15-10-16(20)12-21(11-15)18-5-3-2-4-17(18)19/h2-9,15-16H,10-12,20H2,1H3. The molecule has 1 aliphatic heterocycles. The second-order valence-corrected chi connectivity index (χ2v) is 5.96. The summed E-state index contributed by atoms with van der Waals surface area (Å²) in [5.74, 6) is 0.184. The first kappa shape index (κ1) is 14.1. The molecule has 3 heteroatoms. The van der Waals surface area contributed by atoms with Crippen LogP contribution in [-0.4, -0.2) is 19.1 Å². The zero-order valence-corrected chi connectivity index (χ0v) is 12.3. The van der Waals surface area contributed by atoms with Crippen LogP contribution >= 0.6 is 0 Å². The summed E-state index contributed by atoms with van der Waals surface area (Å²) in [6, 6.07) is 15.6. The molecule has 2 unspecified atom stereocenters. The smallest absolute Gasteiger partial charge is 0.146 e. The van der Waals surface area contributed by atoms with Gasteiger partial charge in [0.2, 0.25) is 0 Å². The predicted octanol–water partition coefficient (Wildman–Crippen LogP) is 3.46. The average Bonchev–Trinajstić information content (AvgIpc) is 2.48. The Labute approximate surface area is 125 Å². The third kappa shape index (κ3) is 3.08. The van der Waals surface area contributed by atoms with Crippen LogP contribution in [-0.2, 0) is 0 Å². The maximum absolute atomic E-state index is 14.0. The normalized spacial score (nSPS) is 22.3. The van der Waals surface area contributed by atoms with Crippen molar-refractivity contribution in [3.8, 4) is 0 Å². The van der Waals surface area contributed by atoms with E-state index in [1.54, 1.807) is 6.07 Å². The molecule has 110 valence electrons. The van der Waals surface area contributed by atoms with E-state index in [-0.39, 0.29) is 11.9 Å². The molecule has 0 aliphatic carbocycles. The summed E-state index contributed by atoms with van der Waals surface area (Å²) in [5.41, 5.74) is 9.41. The van der Waals surface area contributed by atoms with Gasteiger partial charge in [-0.1, -0.05) is 42.0 Å². The molecular weight excluding hydrogens is 263 g/mol. The first-order valence-electron chi connectivity index (χ1n) is 7.45. The molecular formula is C18H21FN2. The van der Waals surface area contributed by atoms with Crippen LogP contribution in [0.5, 0.6) is 0 Å². The number of para-hydroxylation sites is 1. The van der Waals surface area contributed by atoms with Crippen molar-refractivity contribution in [2.24, 2.45) is 5.73 Å². The lowest BCUT2D eigenvalue weighted by molar-refractivity contribution is 0.449. The van der Waals surface area contributed by atoms with Crippen LogP contribution in [0.2, 0.25) is 0 Å². The molecule has 0 aromatic heterocycles. The van der Waals surface area contributed by atoms with E-state index < -0.39 is 0 Å². The number of benzene rings is 2. The zero-order chi connectivity index (χ0) is 14.8. The Morgan fingerprint density at radius 3 is 2.48 bits per heavy atom. The molecule has 2 atom stereocenters. The molecule has 2 aromatic rings. The van der Waals surface area contributed by atoms with E-state index in [0.717, 1.165) is 13.0 Å². The van der Waals surface area contributed by atoms with Gasteiger partial charge >= 0.3 is 0 Å². The van der Waals surface area contributed by atoms with Crippen molar-refractivity contribution in [2.45, 2.75) is 25.3 Å². The van der Waals surface area contributed by atoms with Crippen LogP contribution in [0, 0.1) is 12.7 Å². The van der Waals surface area contributed by atoms with Gasteiger partial charge in [0.15, 0.2) is 0 Å². The van der Waals surface area contributed by atoms with Crippen LogP contribution in [0.3, 0.4) is 0 Å². The number of nitrogens with two attached hydrogens (primary N) is 1. The Kier molecular flexibility index (Phi) is 3.93. The summed E-state index contributed by atoms with van der Waals surface area (Å²) in [6.45, 7) is 3.61. The molecule has 2 nitrogen and oxygen atoms in total. The van der Waals surface area contributed by atoms with E-state index in [1.165, 1.54) is 17.2 Å². The van der Waals surface area contributed by atoms with Crippen molar-refractivity contribution in [1.82, 2.24) is 0 Å². The molecule has 0 bridgehead atoms. The number of nitrogens with zero attached hydrogens (tertiary/aromatic N) is 1. The molecule has 2 N–H and O–H groups in total. The minimum Gasteiger partial charge on any atom is -0.367 e. The number of piperidine rings is 1. The lowest BCUT2D eigenvalue weighted by atomic mass is 9.87. The minimum atomic E-state index is -0.172. The fraction of sp³-hybridized carbons (Fsp3) is 0.333. The molecule has 1 saturated heterocycles. The maximum atomic E-state index is 14.0. The van der Waals surface area contributed by atoms with Crippen LogP contribution in [0.4, 0.5) is 10.1 Å². The molecule has 0 spiro atoms. The topological polar surface area (TPSA) is 29.3 Å². The van der Waals surface area contributed by atoms with Crippen molar-refractivity contribution >= 4 is 5.69 Å². The summed E-state index contributed by atoms with van der Waals surface area (Å²) in [4.78, 5) is 2.08. The van der Waals surface area contributed by atoms with E-state index >= 15 is 0 Å². The molecule has 2 aromatic carbocycles. The molecule has 1 heterocycles. The van der Waals surface area contributed by atoms with Gasteiger partial charge in [0, 0.05) is 25.0 Å². The second-order valence-electron chi connectivity index (χ2n) is 5.96. The fourth-order valence-corrected chi connectivity index (χ4v) is 3.12. The lowest BCUT2D eigenvalue weighted by Crippen LogP contribution is -2.46. The monoisotopic (exact) mass is 284 g/mol. The molecule has 1 aliphatic rings. The molecule has 0 radical (unpaired) electrons. The Balaban J connectivity index is 1.85. The number of hydrogen-bond donors (Lipinski definition) is 1. The fourth-order valence-electron chi connectivity index (χ4n) is 3.12. The van der Waals surface area contributed by atoms with Gasteiger partial charge in [0.1, 0.15) is 5.82 Å². The van der Waals surface area contributed by atoms with Crippen molar-refractivity contribution in [3.63, 3.8) is 0 Å². The van der Waals surface area contributed by atoms with Gasteiger partial charge < -0.3 is 10.6 Å². The van der Waals surface area contributed by atoms with Crippen LogP contribution in [0.1, 0.15) is 23.5 Å². The van der Waals surface area contributed by atoms with E-state index in [2.05, 4.69) is 36.1 Å². The van der Waals surface area contributed by atoms with Gasteiger partial charge in [0.05, 0.1) is 5.69 Å². The Morgan fingerprint density at radius 1 is 1.05 bits per heavy atom. The van der Waals surface area contributed by atoms with Gasteiger partial charge in [-0.25, -0.2) is 4.39 Å². The van der Waals surface area contributed by atoms with E-state index in [4.69, 9.17) is 5.73 Å². The van der Waals surface area contributed by atoms with Crippen molar-refractivity contribution in [2.75, 3.05) is 18.0 Å². The lowest BCUT2D eigenvalue weighted by Gasteiger charge is -2.38. The summed E-state index contributed by atoms with van der Waals surface area (Å²) in [5, 5.41) is 0. The van der Waals surface area contributed by atoms with E-state index in [0.29, 0.717) is 18.2 Å². The second kappa shape index (κ2) is 5.86. The summed E-state index contributed by atoms with van der Waals surface area (Å²) < 4.78 is 14.0. The number of hydrogen-bond acceptors (Lipinski definition) is 2. The third-order valence-corrected chi connectivity index (χ3v) is 4.22. The number of rotatable bonds is 2. The highest BCUT2D eigenvalue weighted by atomic mass is 19.1. The largest absolute Gasteiger partial charge is 0.367 e. The number of aryl methyl sites for hydroxylation is 1. The quantitative estimate of drug-likeness (QED) is 0.915. The molecule has 21 heavy (non-hydrogen) atoms. The summed E-state index contributed by atoms with van der Waals surface area (Å²) in [6.07, 6.45) is 0.952. The Morgan fingerprint density at radius 2 is 1.76 bits per heavy atom. The first-order valence-corrected chi connectivity index (χ1v) is 7.45. The zero-order valence-electron chi connectivity index (χ0n) is 12.3. The van der Waals surface area contributed by atoms with E-state index in [1.807, 2.05) is 12.1 Å². The molecule has 1 fully saturated rings. The first-order chi connectivity index (χ1) is 10.1. The van der Waals surface area contributed by atoms with Crippen LogP contribution in [0.25, 0.3) is 0 Å². The SMILES string of the molecule is Cc1ccc(C2CC(N)CN(c3ccccc3F)C2)cc1. The maximum Gasteiger partial charge on any atom is 0.146 e. The Hall–Kier alpha value is -1.87. The summed E-state index contributed by atoms with van der Waals surface area (Å²) in [7, 11) is 0. The predicted molar refractivity (Wildman–Crippen MR) is 85.1 cm³/mol. The average molecular weight is 284 g/mol. The summed E-state index contributed by atoms with van der Waals surface area (Å²) >= 11 is 0. The van der Waals surface area contributed by atoms with Crippen molar-refractivity contribution in [1.29, 1.82) is 0 Å². The van der Waals surface area contributed by atoms with Crippen molar-refractivity contribution in [3.05, 3.63) is 65.5 Å². The third-order valence-electron chi connectivity index (χ3n) is 4.22. The van der Waals surface area contributed by atoms with Crippen molar-refractivity contribution < 1.29 is 4.39 Å². The highest BCUT2D eigenvalue weighted by molar-refractivity contribution is 5.49. The van der Waals surface area contributed by atoms with Gasteiger partial charge in [-0.05, 0) is 31.0 Å². The Bertz CT molecular complexity index is 609. The number of anilines is 1. The van der Waals surface area contributed by atoms with Gasteiger partial charge in [0.25, 0.3) is 0 Å². The highest BCUT2D eigenvalue weighted by Gasteiger charge is 2.27.